The summed E-state index contributed by atoms with van der Waals surface area (Å²) >= 11 is 0. The van der Waals surface area contributed by atoms with E-state index in [1.165, 1.54) is 18.2 Å². The largest absolute Gasteiger partial charge is 0.204 e. The lowest BCUT2D eigenvalue weighted by Crippen LogP contribution is -1.95. The van der Waals surface area contributed by atoms with Gasteiger partial charge in [0, 0.05) is 32.3 Å². The highest BCUT2D eigenvalue weighted by molar-refractivity contribution is 5.71. The van der Waals surface area contributed by atoms with E-state index in [1.54, 1.807) is 36.4 Å². The molecule has 0 heterocycles. The van der Waals surface area contributed by atoms with Crippen molar-refractivity contribution in [1.29, 1.82) is 0 Å². The number of hydrogen-bond acceptors (Lipinski definition) is 0. The summed E-state index contributed by atoms with van der Waals surface area (Å²) in [4.78, 5) is 0. The van der Waals surface area contributed by atoms with E-state index in [-0.39, 0.29) is 0 Å². The Labute approximate surface area is 518 Å². The zero-order valence-electron chi connectivity index (χ0n) is 48.8. The Kier molecular flexibility index (Phi) is 24.7. The molecule has 0 amide bonds. The molecule has 7 aromatic carbocycles. The van der Waals surface area contributed by atoms with Gasteiger partial charge in [0.2, 0.25) is 0 Å². The highest BCUT2D eigenvalue weighted by Gasteiger charge is 2.22. The number of fused-ring (bicyclic) bond motifs is 12. The molecular formula is C78H48F12. The summed E-state index contributed by atoms with van der Waals surface area (Å²) in [5, 5.41) is -5.27. The van der Waals surface area contributed by atoms with Crippen molar-refractivity contribution < 1.29 is 52.7 Å². The number of unbranched alkanes of at least 4 members (excludes halogenated alkanes) is 9. The fraction of sp³-hybridized carbons (Fsp3) is 0.231. The van der Waals surface area contributed by atoms with Crippen molar-refractivity contribution in [2.24, 2.45) is 0 Å². The fourth-order valence-corrected chi connectivity index (χ4v) is 8.95. The fourth-order valence-electron chi connectivity index (χ4n) is 8.95. The number of rotatable bonds is 15. The predicted molar refractivity (Wildman–Crippen MR) is 319 cm³/mol. The van der Waals surface area contributed by atoms with Gasteiger partial charge in [0.15, 0.2) is 69.8 Å². The first-order chi connectivity index (χ1) is 43.5. The van der Waals surface area contributed by atoms with Crippen molar-refractivity contribution in [2.75, 3.05) is 0 Å². The molecule has 7 aromatic rings. The molecule has 0 spiro atoms. The number of hydrogen-bond donors (Lipinski definition) is 0. The minimum absolute atomic E-state index is 0.301. The van der Waals surface area contributed by atoms with E-state index in [4.69, 9.17) is 0 Å². The Morgan fingerprint density at radius 3 is 0.556 bits per heavy atom. The summed E-state index contributed by atoms with van der Waals surface area (Å²) in [5.74, 6) is -22.8. The van der Waals surface area contributed by atoms with Crippen LogP contribution in [0.3, 0.4) is 0 Å². The highest BCUT2D eigenvalue weighted by Crippen LogP contribution is 2.26. The van der Waals surface area contributed by atoms with Crippen molar-refractivity contribution >= 4 is 64.6 Å². The van der Waals surface area contributed by atoms with E-state index in [9.17, 15) is 13.2 Å². The molecule has 12 heteroatoms. The summed E-state index contributed by atoms with van der Waals surface area (Å²) in [6.45, 7) is 6.13. The summed E-state index contributed by atoms with van der Waals surface area (Å²) in [6, 6.07) is 71.8. The number of aryl methyl sites for hydroxylation is 3. The van der Waals surface area contributed by atoms with Crippen molar-refractivity contribution in [3.8, 4) is 0 Å². The topological polar surface area (TPSA) is 0 Å². The SMILES string of the molecule is CCCCCCc1cc2c#cc#cc3c(F)c(F)c(F)c(c#cc#cc4cc(CCCCCC)cc(c#cc#cc5c(F)c(F)c(F)c(c#cc#cc6cc(CCCCCC)cc(c#cc#cc7c(F)c(F)c(F)c(c#cc#cc(c1)c2)c7F)c6)c5F)c4)c3F. The van der Waals surface area contributed by atoms with Crippen molar-refractivity contribution in [3.63, 3.8) is 0 Å². The van der Waals surface area contributed by atoms with E-state index in [2.05, 4.69) is 146 Å². The maximum absolute atomic E-state index is 15.8. The molecule has 0 atom stereocenters. The Bertz CT molecular complexity index is 3610. The standard InChI is InChI=1S/C78H48F12/c1-4-7-10-13-28-52-43-55-31-16-22-37-61-67(79)63(72(84)76(88)70(61)82)39-24-18-33-57-45-53(29-14-11-8-5-2)47-59(50-57)35-20-26-41-65-69(81)66(75(87)78(90)74(65)86)42-27-21-36-60-48-54(30-15-12-9-6-3)46-58(51-60)34-19-25-40-64-68(80)62(71(83)77(89)73(64)85)38-23-17-32-56(44-52)49-55/h43-51H,4-15,28-30H2,1-3H3. The quantitative estimate of drug-likeness (QED) is 0.0415. The van der Waals surface area contributed by atoms with Crippen molar-refractivity contribution in [1.82, 2.24) is 0 Å². The molecule has 0 aliphatic carbocycles. The van der Waals surface area contributed by atoms with Gasteiger partial charge in [0.25, 0.3) is 0 Å². The van der Waals surface area contributed by atoms with Gasteiger partial charge in [-0.25, -0.2) is 52.7 Å². The molecule has 0 aromatic heterocycles. The average Bonchev–Trinajstić information content (AvgIpc) is 1.06. The Morgan fingerprint density at radius 2 is 0.378 bits per heavy atom. The molecule has 12 bridgehead atoms. The van der Waals surface area contributed by atoms with Gasteiger partial charge in [-0.2, -0.15) is 0 Å². The first-order valence-corrected chi connectivity index (χ1v) is 28.6. The maximum Gasteiger partial charge on any atom is 0.197 e. The van der Waals surface area contributed by atoms with Crippen LogP contribution in [0.5, 0.6) is 0 Å². The minimum atomic E-state index is -2.07. The second-order valence-electron chi connectivity index (χ2n) is 20.2. The van der Waals surface area contributed by atoms with E-state index in [1.807, 2.05) is 20.8 Å². The third-order valence-corrected chi connectivity index (χ3v) is 13.5. The van der Waals surface area contributed by atoms with E-state index >= 15 is 39.5 Å². The van der Waals surface area contributed by atoms with Gasteiger partial charge >= 0.3 is 0 Å². The van der Waals surface area contributed by atoms with Crippen LogP contribution in [0.2, 0.25) is 0 Å². The van der Waals surface area contributed by atoms with Crippen LogP contribution in [0.15, 0.2) is 54.6 Å². The zero-order valence-corrected chi connectivity index (χ0v) is 48.8. The Hall–Kier alpha value is -10.8. The normalized spacial score (nSPS) is 9.77. The minimum Gasteiger partial charge on any atom is -0.204 e. The molecule has 0 radical (unpaired) electrons. The smallest absolute Gasteiger partial charge is 0.197 e. The first-order valence-electron chi connectivity index (χ1n) is 28.6. The summed E-state index contributed by atoms with van der Waals surface area (Å²) in [5.41, 5.74) is 2.24. The van der Waals surface area contributed by atoms with Crippen LogP contribution in [-0.4, -0.2) is 0 Å². The lowest BCUT2D eigenvalue weighted by Gasteiger charge is -2.01. The van der Waals surface area contributed by atoms with Crippen LogP contribution >= 0.6 is 0 Å². The maximum atomic E-state index is 15.8. The number of halogens is 12. The second-order valence-corrected chi connectivity index (χ2v) is 20.2. The molecule has 0 N–H and O–H groups in total. The van der Waals surface area contributed by atoms with Crippen LogP contribution < -0.4 is 0 Å². The van der Waals surface area contributed by atoms with E-state index in [0.29, 0.717) is 51.6 Å². The molecule has 444 valence electrons. The summed E-state index contributed by atoms with van der Waals surface area (Å²) in [7, 11) is 0. The number of benzene rings is 6. The van der Waals surface area contributed by atoms with Crippen LogP contribution in [0.1, 0.15) is 115 Å². The van der Waals surface area contributed by atoms with Crippen LogP contribution in [0.25, 0.3) is 64.6 Å². The average molecular weight is 1210 g/mol. The molecule has 7 rings (SSSR count). The van der Waals surface area contributed by atoms with Gasteiger partial charge in [-0.3, -0.25) is 0 Å². The lowest BCUT2D eigenvalue weighted by molar-refractivity contribution is 0.450. The van der Waals surface area contributed by atoms with Gasteiger partial charge < -0.3 is 0 Å². The summed E-state index contributed by atoms with van der Waals surface area (Å²) in [6.07, 6.45) is 12.4. The molecule has 0 saturated carbocycles. The Morgan fingerprint density at radius 1 is 0.200 bits per heavy atom. The third-order valence-electron chi connectivity index (χ3n) is 13.5. The van der Waals surface area contributed by atoms with Crippen LogP contribution in [0.4, 0.5) is 52.7 Å². The molecule has 0 unspecified atom stereocenters. The molecule has 90 heavy (non-hydrogen) atoms. The first kappa shape index (κ1) is 66.7. The molecule has 0 saturated heterocycles. The molecule has 0 nitrogen and oxygen atoms in total. The van der Waals surface area contributed by atoms with Gasteiger partial charge in [0.05, 0.1) is 0 Å². The van der Waals surface area contributed by atoms with E-state index < -0.39 is 102 Å². The van der Waals surface area contributed by atoms with Crippen molar-refractivity contribution in [3.05, 3.63) is 287 Å². The third kappa shape index (κ3) is 18.1. The molecule has 0 aliphatic rings. The summed E-state index contributed by atoms with van der Waals surface area (Å²) < 4.78 is 183. The molecular weight excluding hydrogens is 1160 g/mol. The monoisotopic (exact) mass is 1210 g/mol. The highest BCUT2D eigenvalue weighted by atomic mass is 19.2. The van der Waals surface area contributed by atoms with Gasteiger partial charge in [-0.05, 0) is 219 Å². The Balaban J connectivity index is 1.45. The molecule has 0 fully saturated rings. The zero-order chi connectivity index (χ0) is 64.5. The van der Waals surface area contributed by atoms with E-state index in [0.717, 1.165) is 93.7 Å². The predicted octanol–water partition coefficient (Wildman–Crippen LogP) is 20.3. The van der Waals surface area contributed by atoms with Crippen LogP contribution in [-0.2, 0) is 19.3 Å². The van der Waals surface area contributed by atoms with Crippen molar-refractivity contribution in [2.45, 2.75) is 117 Å². The molecule has 0 aliphatic heterocycles. The lowest BCUT2D eigenvalue weighted by atomic mass is 10.0. The van der Waals surface area contributed by atoms with Gasteiger partial charge in [-0.15, -0.1) is 0 Å². The van der Waals surface area contributed by atoms with Gasteiger partial charge in [0.1, 0.15) is 32.3 Å². The second kappa shape index (κ2) is 33.4. The van der Waals surface area contributed by atoms with Crippen LogP contribution in [0, 0.1) is 215 Å². The van der Waals surface area contributed by atoms with Gasteiger partial charge in [-0.1, -0.05) is 115 Å².